The Balaban J connectivity index is 1.75. The molecule has 0 bridgehead atoms. The van der Waals surface area contributed by atoms with E-state index in [1.807, 2.05) is 30.3 Å². The van der Waals surface area contributed by atoms with Gasteiger partial charge < -0.3 is 19.7 Å². The van der Waals surface area contributed by atoms with E-state index in [9.17, 15) is 27.6 Å². The van der Waals surface area contributed by atoms with Crippen LogP contribution in [0.5, 0.6) is 5.75 Å². The van der Waals surface area contributed by atoms with E-state index in [0.29, 0.717) is 10.0 Å². The summed E-state index contributed by atoms with van der Waals surface area (Å²) in [5.41, 5.74) is 0.870. The molecule has 1 saturated heterocycles. The van der Waals surface area contributed by atoms with E-state index in [1.165, 1.54) is 36.9 Å². The highest BCUT2D eigenvalue weighted by molar-refractivity contribution is 6.34. The summed E-state index contributed by atoms with van der Waals surface area (Å²) < 4.78 is 50.7. The number of alkyl halides is 3. The first-order valence-corrected chi connectivity index (χ1v) is 12.6. The maximum absolute atomic E-state index is 13.1. The molecule has 2 amide bonds. The summed E-state index contributed by atoms with van der Waals surface area (Å²) in [6.07, 6.45) is -5.68. The molecule has 38 heavy (non-hydrogen) atoms. The first-order chi connectivity index (χ1) is 17.8. The molecule has 3 rings (SSSR count). The Hall–Kier alpha value is -2.82. The summed E-state index contributed by atoms with van der Waals surface area (Å²) in [5.74, 6) is -4.15. The van der Waals surface area contributed by atoms with Crippen molar-refractivity contribution < 1.29 is 37.0 Å². The number of nitrogens with zero attached hydrogens (tertiary/aromatic N) is 1. The Morgan fingerprint density at radius 2 is 1.71 bits per heavy atom. The van der Waals surface area contributed by atoms with E-state index in [1.54, 1.807) is 0 Å². The van der Waals surface area contributed by atoms with Gasteiger partial charge in [-0.25, -0.2) is 0 Å². The zero-order valence-electron chi connectivity index (χ0n) is 20.6. The Morgan fingerprint density at radius 3 is 2.29 bits per heavy atom. The SMILES string of the molecule is CC(C)C(NC(=O)[C@@H]1C[C@@H](OCc2ccccc2)CN1C(=O)COc1cc(Cl)cc(Cl)c1)C(=O)C(F)(F)F. The molecule has 1 aliphatic rings. The molecule has 1 N–H and O–H groups in total. The highest BCUT2D eigenvalue weighted by Crippen LogP contribution is 2.27. The van der Waals surface area contributed by atoms with Gasteiger partial charge in [-0.3, -0.25) is 14.4 Å². The molecule has 2 aromatic rings. The summed E-state index contributed by atoms with van der Waals surface area (Å²) in [4.78, 5) is 39.3. The van der Waals surface area contributed by atoms with E-state index in [-0.39, 0.29) is 25.3 Å². The normalized spacial score (nSPS) is 18.4. The van der Waals surface area contributed by atoms with Crippen LogP contribution in [0.25, 0.3) is 0 Å². The third-order valence-electron chi connectivity index (χ3n) is 5.94. The van der Waals surface area contributed by atoms with E-state index < -0.39 is 54.5 Å². The second-order valence-electron chi connectivity index (χ2n) is 9.20. The molecular formula is C26H27Cl2F3N2O5. The molecule has 1 aliphatic heterocycles. The van der Waals surface area contributed by atoms with Gasteiger partial charge in [-0.15, -0.1) is 0 Å². The zero-order chi connectivity index (χ0) is 28.0. The van der Waals surface area contributed by atoms with Crippen LogP contribution in [-0.2, 0) is 25.7 Å². The number of amides is 2. The van der Waals surface area contributed by atoms with Crippen LogP contribution in [0.1, 0.15) is 25.8 Å². The first-order valence-electron chi connectivity index (χ1n) is 11.8. The summed E-state index contributed by atoms with van der Waals surface area (Å²) >= 11 is 11.9. The van der Waals surface area contributed by atoms with Crippen molar-refractivity contribution in [1.82, 2.24) is 10.2 Å². The second kappa shape index (κ2) is 12.8. The number of nitrogens with one attached hydrogen (secondary N) is 1. The summed E-state index contributed by atoms with van der Waals surface area (Å²) in [5, 5.41) is 2.79. The number of hydrogen-bond acceptors (Lipinski definition) is 5. The fourth-order valence-corrected chi connectivity index (χ4v) is 4.54. The summed E-state index contributed by atoms with van der Waals surface area (Å²) in [7, 11) is 0. The van der Waals surface area contributed by atoms with Crippen molar-refractivity contribution in [3.05, 3.63) is 64.1 Å². The lowest BCUT2D eigenvalue weighted by Gasteiger charge is -2.27. The molecule has 0 aromatic heterocycles. The number of likely N-dealkylation sites (tertiary alicyclic amines) is 1. The standard InChI is InChI=1S/C26H27Cl2F3N2O5/c1-15(2)23(24(35)26(29,30)31)32-25(36)21-11-20(37-13-16-6-4-3-5-7-16)12-33(21)22(34)14-38-19-9-17(27)8-18(28)10-19/h3-10,15,20-21,23H,11-14H2,1-2H3,(H,32,36)/t20-,21+,23?/m1/s1. The molecular weight excluding hydrogens is 548 g/mol. The molecule has 1 fully saturated rings. The lowest BCUT2D eigenvalue weighted by atomic mass is 9.98. The maximum atomic E-state index is 13.1. The van der Waals surface area contributed by atoms with Crippen LogP contribution in [0, 0.1) is 5.92 Å². The van der Waals surface area contributed by atoms with Gasteiger partial charge in [0.05, 0.1) is 18.8 Å². The molecule has 3 atom stereocenters. The van der Waals surface area contributed by atoms with Crippen LogP contribution in [0.3, 0.4) is 0 Å². The van der Waals surface area contributed by atoms with Crippen LogP contribution >= 0.6 is 23.2 Å². The number of Topliss-reactive ketones (excluding diaryl/α,β-unsaturated/α-hetero) is 1. The van der Waals surface area contributed by atoms with Crippen LogP contribution in [-0.4, -0.2) is 60.0 Å². The Labute approximate surface area is 228 Å². The number of rotatable bonds is 10. The molecule has 7 nitrogen and oxygen atoms in total. The molecule has 0 aliphatic carbocycles. The summed E-state index contributed by atoms with van der Waals surface area (Å²) in [6, 6.07) is 10.6. The number of ketones is 1. The van der Waals surface area contributed by atoms with E-state index in [4.69, 9.17) is 32.7 Å². The number of benzene rings is 2. The topological polar surface area (TPSA) is 84.9 Å². The van der Waals surface area contributed by atoms with Crippen molar-refractivity contribution >= 4 is 40.8 Å². The van der Waals surface area contributed by atoms with Gasteiger partial charge in [0.2, 0.25) is 5.91 Å². The number of halogens is 5. The van der Waals surface area contributed by atoms with Gasteiger partial charge in [0.15, 0.2) is 6.61 Å². The Morgan fingerprint density at radius 1 is 1.08 bits per heavy atom. The van der Waals surface area contributed by atoms with Crippen LogP contribution in [0.2, 0.25) is 10.0 Å². The fraction of sp³-hybridized carbons (Fsp3) is 0.423. The fourth-order valence-electron chi connectivity index (χ4n) is 4.03. The summed E-state index contributed by atoms with van der Waals surface area (Å²) in [6.45, 7) is 2.51. The Bertz CT molecular complexity index is 1130. The molecule has 1 unspecified atom stereocenters. The molecule has 0 saturated carbocycles. The Kier molecular flexibility index (Phi) is 10.0. The van der Waals surface area contributed by atoms with Gasteiger partial charge in [0, 0.05) is 23.0 Å². The molecule has 0 spiro atoms. The van der Waals surface area contributed by atoms with Crippen LogP contribution in [0.4, 0.5) is 13.2 Å². The highest BCUT2D eigenvalue weighted by atomic mass is 35.5. The van der Waals surface area contributed by atoms with E-state index >= 15 is 0 Å². The number of hydrogen-bond donors (Lipinski definition) is 1. The number of ether oxygens (including phenoxy) is 2. The van der Waals surface area contributed by atoms with Gasteiger partial charge in [0.25, 0.3) is 11.7 Å². The van der Waals surface area contributed by atoms with Gasteiger partial charge in [-0.2, -0.15) is 13.2 Å². The van der Waals surface area contributed by atoms with Crippen molar-refractivity contribution in [2.24, 2.45) is 5.92 Å². The first kappa shape index (κ1) is 29.7. The van der Waals surface area contributed by atoms with Crippen molar-refractivity contribution in [2.75, 3.05) is 13.2 Å². The lowest BCUT2D eigenvalue weighted by Crippen LogP contribution is -2.55. The lowest BCUT2D eigenvalue weighted by molar-refractivity contribution is -0.175. The third kappa shape index (κ3) is 8.09. The smallest absolute Gasteiger partial charge is 0.452 e. The second-order valence-corrected chi connectivity index (χ2v) is 10.1. The maximum Gasteiger partial charge on any atom is 0.452 e. The molecule has 1 heterocycles. The van der Waals surface area contributed by atoms with Crippen molar-refractivity contribution in [1.29, 1.82) is 0 Å². The van der Waals surface area contributed by atoms with Crippen molar-refractivity contribution in [2.45, 2.75) is 51.2 Å². The minimum atomic E-state index is -5.12. The van der Waals surface area contributed by atoms with Gasteiger partial charge in [0.1, 0.15) is 11.8 Å². The molecule has 206 valence electrons. The largest absolute Gasteiger partial charge is 0.484 e. The van der Waals surface area contributed by atoms with Crippen LogP contribution < -0.4 is 10.1 Å². The number of carbonyl (C=O) groups excluding carboxylic acids is 3. The van der Waals surface area contributed by atoms with Gasteiger partial charge in [-0.1, -0.05) is 67.4 Å². The highest BCUT2D eigenvalue weighted by Gasteiger charge is 2.47. The average molecular weight is 575 g/mol. The van der Waals surface area contributed by atoms with Crippen molar-refractivity contribution in [3.8, 4) is 5.75 Å². The molecule has 12 heteroatoms. The van der Waals surface area contributed by atoms with Crippen molar-refractivity contribution in [3.63, 3.8) is 0 Å². The quantitative estimate of drug-likeness (QED) is 0.439. The predicted molar refractivity (Wildman–Crippen MR) is 135 cm³/mol. The monoisotopic (exact) mass is 574 g/mol. The average Bonchev–Trinajstić information content (AvgIpc) is 3.28. The minimum absolute atomic E-state index is 0.00295. The number of carbonyl (C=O) groups is 3. The van der Waals surface area contributed by atoms with Gasteiger partial charge >= 0.3 is 6.18 Å². The third-order valence-corrected chi connectivity index (χ3v) is 6.38. The zero-order valence-corrected chi connectivity index (χ0v) is 22.1. The van der Waals surface area contributed by atoms with Gasteiger partial charge in [-0.05, 0) is 29.7 Å². The minimum Gasteiger partial charge on any atom is -0.484 e. The molecule has 2 aromatic carbocycles. The van der Waals surface area contributed by atoms with Crippen LogP contribution in [0.15, 0.2) is 48.5 Å². The molecule has 0 radical (unpaired) electrons. The predicted octanol–water partition coefficient (Wildman–Crippen LogP) is 4.83. The van der Waals surface area contributed by atoms with E-state index in [0.717, 1.165) is 5.56 Å². The van der Waals surface area contributed by atoms with E-state index in [2.05, 4.69) is 5.32 Å².